The van der Waals surface area contributed by atoms with Gasteiger partial charge in [-0.05, 0) is 42.5 Å². The lowest BCUT2D eigenvalue weighted by atomic mass is 10.1. The Morgan fingerprint density at radius 3 is 2.38 bits per heavy atom. The first-order valence-electron chi connectivity index (χ1n) is 3.77. The molecule has 0 spiro atoms. The Hall–Kier alpha value is -0.230. The van der Waals surface area contributed by atoms with Crippen molar-refractivity contribution in [3.8, 4) is 0 Å². The molecule has 0 saturated carbocycles. The van der Waals surface area contributed by atoms with E-state index < -0.39 is 17.7 Å². The van der Waals surface area contributed by atoms with Gasteiger partial charge >= 0.3 is 0 Å². The Balaban J connectivity index is 3.41. The zero-order valence-electron chi connectivity index (χ0n) is 7.24. The Morgan fingerprint density at radius 1 is 1.38 bits per heavy atom. The fourth-order valence-electron chi connectivity index (χ4n) is 1.06. The van der Waals surface area contributed by atoms with E-state index in [0.29, 0.717) is 3.57 Å². The van der Waals surface area contributed by atoms with E-state index in [1.54, 1.807) is 22.6 Å². The summed E-state index contributed by atoms with van der Waals surface area (Å²) in [6.07, 6.45) is -0.909. The molecule has 1 nitrogen and oxygen atoms in total. The largest absolute Gasteiger partial charge is 0.389 e. The second-order valence-corrected chi connectivity index (χ2v) is 4.04. The maximum absolute atomic E-state index is 13.3. The molecule has 0 heterocycles. The van der Waals surface area contributed by atoms with E-state index >= 15 is 0 Å². The number of halogens is 3. The van der Waals surface area contributed by atoms with Crippen LogP contribution in [0.15, 0.2) is 6.07 Å². The minimum absolute atomic E-state index is 0.0391. The molecule has 4 heteroatoms. The summed E-state index contributed by atoms with van der Waals surface area (Å²) in [5, 5.41) is 9.18. The summed E-state index contributed by atoms with van der Waals surface area (Å²) in [5.74, 6) is -1.21. The monoisotopic (exact) mass is 298 g/mol. The van der Waals surface area contributed by atoms with Crippen LogP contribution in [0.1, 0.15) is 24.2 Å². The molecule has 0 aliphatic rings. The van der Waals surface area contributed by atoms with Crippen LogP contribution < -0.4 is 0 Å². The molecule has 1 unspecified atom stereocenters. The number of aliphatic hydroxyl groups is 1. The molecule has 72 valence electrons. The second-order valence-electron chi connectivity index (χ2n) is 2.88. The molecule has 0 radical (unpaired) electrons. The van der Waals surface area contributed by atoms with E-state index in [0.717, 1.165) is 0 Å². The normalized spacial score (nSPS) is 13.1. The summed E-state index contributed by atoms with van der Waals surface area (Å²) in [6.45, 7) is 2.81. The molecule has 1 atom stereocenters. The van der Waals surface area contributed by atoms with Gasteiger partial charge in [0.15, 0.2) is 0 Å². The Bertz CT molecular complexity index is 337. The van der Waals surface area contributed by atoms with Crippen molar-refractivity contribution in [1.29, 1.82) is 0 Å². The van der Waals surface area contributed by atoms with Gasteiger partial charge < -0.3 is 5.11 Å². The van der Waals surface area contributed by atoms with Gasteiger partial charge in [0.1, 0.15) is 11.6 Å². The van der Waals surface area contributed by atoms with Crippen LogP contribution in [0.2, 0.25) is 0 Å². The summed E-state index contributed by atoms with van der Waals surface area (Å²) in [4.78, 5) is 0. The molecule has 0 amide bonds. The predicted octanol–water partition coefficient (Wildman–Crippen LogP) is 2.93. The maximum atomic E-state index is 13.3. The second kappa shape index (κ2) is 3.88. The highest BCUT2D eigenvalue weighted by Crippen LogP contribution is 2.25. The summed E-state index contributed by atoms with van der Waals surface area (Å²) in [7, 11) is 0. The lowest BCUT2D eigenvalue weighted by Crippen LogP contribution is -2.02. The Kier molecular flexibility index (Phi) is 3.23. The summed E-state index contributed by atoms with van der Waals surface area (Å²) in [6, 6.07) is 1.32. The summed E-state index contributed by atoms with van der Waals surface area (Å²) < 4.78 is 26.7. The molecule has 0 aliphatic carbocycles. The van der Waals surface area contributed by atoms with Gasteiger partial charge in [0.25, 0.3) is 0 Å². The van der Waals surface area contributed by atoms with Gasteiger partial charge in [-0.15, -0.1) is 0 Å². The van der Waals surface area contributed by atoms with Gasteiger partial charge in [-0.25, -0.2) is 8.78 Å². The van der Waals surface area contributed by atoms with Crippen molar-refractivity contribution in [3.63, 3.8) is 0 Å². The van der Waals surface area contributed by atoms with Crippen molar-refractivity contribution < 1.29 is 13.9 Å². The van der Waals surface area contributed by atoms with Crippen LogP contribution in [-0.4, -0.2) is 5.11 Å². The number of aliphatic hydroxyl groups excluding tert-OH is 1. The fraction of sp³-hybridized carbons (Fsp3) is 0.333. The first kappa shape index (κ1) is 10.8. The minimum Gasteiger partial charge on any atom is -0.389 e. The Morgan fingerprint density at radius 2 is 1.92 bits per heavy atom. The third-order valence-electron chi connectivity index (χ3n) is 1.85. The topological polar surface area (TPSA) is 20.2 Å². The average Bonchev–Trinajstić information content (AvgIpc) is 2.07. The van der Waals surface area contributed by atoms with Crippen molar-refractivity contribution in [2.75, 3.05) is 0 Å². The van der Waals surface area contributed by atoms with Crippen LogP contribution in [0.4, 0.5) is 8.78 Å². The number of hydrogen-bond donors (Lipinski definition) is 1. The van der Waals surface area contributed by atoms with Crippen molar-refractivity contribution in [2.45, 2.75) is 20.0 Å². The SMILES string of the molecule is Cc1c(F)c(I)cc(C(C)O)c1F. The van der Waals surface area contributed by atoms with Crippen molar-refractivity contribution in [2.24, 2.45) is 0 Å². The summed E-state index contributed by atoms with van der Waals surface area (Å²) in [5.41, 5.74) is 0.103. The molecule has 0 aliphatic heterocycles. The number of hydrogen-bond acceptors (Lipinski definition) is 1. The molecule has 13 heavy (non-hydrogen) atoms. The third-order valence-corrected chi connectivity index (χ3v) is 2.64. The molecule has 1 aromatic rings. The van der Waals surface area contributed by atoms with Gasteiger partial charge in [-0.1, -0.05) is 0 Å². The van der Waals surface area contributed by atoms with Crippen molar-refractivity contribution in [3.05, 3.63) is 32.4 Å². The first-order chi connectivity index (χ1) is 5.95. The van der Waals surface area contributed by atoms with Gasteiger partial charge in [0.2, 0.25) is 0 Å². The zero-order chi connectivity index (χ0) is 10.2. The van der Waals surface area contributed by atoms with Crippen LogP contribution in [0.25, 0.3) is 0 Å². The van der Waals surface area contributed by atoms with Crippen LogP contribution in [0, 0.1) is 22.1 Å². The lowest BCUT2D eigenvalue weighted by Gasteiger charge is -2.10. The van der Waals surface area contributed by atoms with Crippen molar-refractivity contribution >= 4 is 22.6 Å². The molecule has 1 aromatic carbocycles. The van der Waals surface area contributed by atoms with Gasteiger partial charge in [0, 0.05) is 14.7 Å². The van der Waals surface area contributed by atoms with E-state index in [1.807, 2.05) is 0 Å². The predicted molar refractivity (Wildman–Crippen MR) is 54.4 cm³/mol. The smallest absolute Gasteiger partial charge is 0.142 e. The standard InChI is InChI=1S/C9H9F2IO/c1-4-8(10)6(5(2)13)3-7(12)9(4)11/h3,5,13H,1-2H3. The van der Waals surface area contributed by atoms with Crippen LogP contribution in [0.5, 0.6) is 0 Å². The molecule has 1 rings (SSSR count). The van der Waals surface area contributed by atoms with E-state index in [1.165, 1.54) is 19.9 Å². The summed E-state index contributed by atoms with van der Waals surface area (Å²) >= 11 is 1.77. The highest BCUT2D eigenvalue weighted by molar-refractivity contribution is 14.1. The lowest BCUT2D eigenvalue weighted by molar-refractivity contribution is 0.193. The average molecular weight is 298 g/mol. The Labute approximate surface area is 88.9 Å². The molecule has 0 fully saturated rings. The van der Waals surface area contributed by atoms with E-state index in [-0.39, 0.29) is 11.1 Å². The van der Waals surface area contributed by atoms with E-state index in [9.17, 15) is 13.9 Å². The van der Waals surface area contributed by atoms with Crippen molar-refractivity contribution in [1.82, 2.24) is 0 Å². The van der Waals surface area contributed by atoms with Gasteiger partial charge in [-0.3, -0.25) is 0 Å². The minimum atomic E-state index is -0.909. The van der Waals surface area contributed by atoms with E-state index in [2.05, 4.69) is 0 Å². The molecule has 0 saturated heterocycles. The highest BCUT2D eigenvalue weighted by atomic mass is 127. The first-order valence-corrected chi connectivity index (χ1v) is 4.85. The molecule has 0 aromatic heterocycles. The van der Waals surface area contributed by atoms with Crippen LogP contribution in [0.3, 0.4) is 0 Å². The molecular weight excluding hydrogens is 289 g/mol. The third kappa shape index (κ3) is 1.99. The number of benzene rings is 1. The quantitative estimate of drug-likeness (QED) is 0.624. The highest BCUT2D eigenvalue weighted by Gasteiger charge is 2.16. The fourth-order valence-corrected chi connectivity index (χ4v) is 1.80. The number of rotatable bonds is 1. The van der Waals surface area contributed by atoms with Gasteiger partial charge in [-0.2, -0.15) is 0 Å². The van der Waals surface area contributed by atoms with E-state index in [4.69, 9.17) is 0 Å². The van der Waals surface area contributed by atoms with Crippen LogP contribution in [-0.2, 0) is 0 Å². The van der Waals surface area contributed by atoms with Gasteiger partial charge in [0.05, 0.1) is 6.10 Å². The van der Waals surface area contributed by atoms with Crippen LogP contribution >= 0.6 is 22.6 Å². The molecular formula is C9H9F2IO. The molecule has 0 bridgehead atoms. The zero-order valence-corrected chi connectivity index (χ0v) is 9.39. The molecule has 1 N–H and O–H groups in total. The maximum Gasteiger partial charge on any atom is 0.142 e.